The highest BCUT2D eigenvalue weighted by molar-refractivity contribution is 5.76. The lowest BCUT2D eigenvalue weighted by molar-refractivity contribution is -0.122. The Kier molecular flexibility index (Phi) is 6.34. The highest BCUT2D eigenvalue weighted by Crippen LogP contribution is 2.28. The van der Waals surface area contributed by atoms with E-state index in [9.17, 15) is 4.79 Å². The average molecular weight is 280 g/mol. The van der Waals surface area contributed by atoms with E-state index in [4.69, 9.17) is 0 Å². The number of rotatable bonds is 5. The predicted octanol–water partition coefficient (Wildman–Crippen LogP) is 2.95. The molecule has 2 rings (SSSR count). The van der Waals surface area contributed by atoms with Gasteiger partial charge in [-0.3, -0.25) is 4.79 Å². The molecule has 20 heavy (non-hydrogen) atoms. The molecule has 0 bridgehead atoms. The molecule has 0 aromatic rings. The van der Waals surface area contributed by atoms with Crippen LogP contribution >= 0.6 is 0 Å². The predicted molar refractivity (Wildman–Crippen MR) is 83.5 cm³/mol. The standard InChI is InChI=1S/C17H32N2O/c1-13-4-3-5-15(10-13)12-19-17(20)11-14(2)16-6-8-18-9-7-16/h13-16,18H,3-12H2,1-2H3,(H,19,20). The highest BCUT2D eigenvalue weighted by Gasteiger charge is 2.23. The van der Waals surface area contributed by atoms with Gasteiger partial charge in [0.1, 0.15) is 0 Å². The minimum atomic E-state index is 0.272. The molecule has 116 valence electrons. The number of hydrogen-bond donors (Lipinski definition) is 2. The summed E-state index contributed by atoms with van der Waals surface area (Å²) in [4.78, 5) is 12.1. The van der Waals surface area contributed by atoms with Gasteiger partial charge in [-0.15, -0.1) is 0 Å². The fourth-order valence-corrected chi connectivity index (χ4v) is 3.95. The van der Waals surface area contributed by atoms with Gasteiger partial charge in [0.15, 0.2) is 0 Å². The Hall–Kier alpha value is -0.570. The van der Waals surface area contributed by atoms with Gasteiger partial charge in [-0.2, -0.15) is 0 Å². The average Bonchev–Trinajstić information content (AvgIpc) is 2.46. The van der Waals surface area contributed by atoms with Crippen molar-refractivity contribution in [1.82, 2.24) is 10.6 Å². The molecule has 3 atom stereocenters. The fraction of sp³-hybridized carbons (Fsp3) is 0.941. The number of carbonyl (C=O) groups is 1. The largest absolute Gasteiger partial charge is 0.356 e. The summed E-state index contributed by atoms with van der Waals surface area (Å²) in [7, 11) is 0. The summed E-state index contributed by atoms with van der Waals surface area (Å²) in [5.41, 5.74) is 0. The van der Waals surface area contributed by atoms with Crippen LogP contribution in [0.2, 0.25) is 0 Å². The Balaban J connectivity index is 1.64. The molecule has 0 spiro atoms. The molecule has 2 fully saturated rings. The lowest BCUT2D eigenvalue weighted by Crippen LogP contribution is -2.35. The SMILES string of the molecule is CC1CCCC(CNC(=O)CC(C)C2CCNCC2)C1. The van der Waals surface area contributed by atoms with Crippen LogP contribution in [0.5, 0.6) is 0 Å². The molecule has 1 amide bonds. The maximum atomic E-state index is 12.1. The van der Waals surface area contributed by atoms with Crippen LogP contribution in [0.3, 0.4) is 0 Å². The van der Waals surface area contributed by atoms with Gasteiger partial charge in [-0.25, -0.2) is 0 Å². The van der Waals surface area contributed by atoms with E-state index in [-0.39, 0.29) is 5.91 Å². The molecule has 2 N–H and O–H groups in total. The van der Waals surface area contributed by atoms with Crippen molar-refractivity contribution < 1.29 is 4.79 Å². The molecule has 1 saturated heterocycles. The smallest absolute Gasteiger partial charge is 0.220 e. The normalized spacial score (nSPS) is 29.9. The van der Waals surface area contributed by atoms with Crippen LogP contribution in [0.25, 0.3) is 0 Å². The zero-order valence-electron chi connectivity index (χ0n) is 13.3. The summed E-state index contributed by atoms with van der Waals surface area (Å²) >= 11 is 0. The number of piperidine rings is 1. The second kappa shape index (κ2) is 8.02. The Morgan fingerprint density at radius 2 is 2.00 bits per heavy atom. The second-order valence-electron chi connectivity index (χ2n) is 7.21. The van der Waals surface area contributed by atoms with Crippen molar-refractivity contribution in [3.8, 4) is 0 Å². The molecular formula is C17H32N2O. The van der Waals surface area contributed by atoms with Gasteiger partial charge in [-0.1, -0.05) is 26.7 Å². The van der Waals surface area contributed by atoms with Gasteiger partial charge in [0, 0.05) is 13.0 Å². The summed E-state index contributed by atoms with van der Waals surface area (Å²) < 4.78 is 0. The van der Waals surface area contributed by atoms with Crippen LogP contribution in [0, 0.1) is 23.7 Å². The Bertz CT molecular complexity index is 299. The van der Waals surface area contributed by atoms with E-state index >= 15 is 0 Å². The number of amides is 1. The van der Waals surface area contributed by atoms with E-state index < -0.39 is 0 Å². The van der Waals surface area contributed by atoms with Crippen molar-refractivity contribution >= 4 is 5.91 Å². The van der Waals surface area contributed by atoms with Gasteiger partial charge in [-0.05, 0) is 62.4 Å². The lowest BCUT2D eigenvalue weighted by atomic mass is 9.82. The molecule has 0 aromatic carbocycles. The maximum absolute atomic E-state index is 12.1. The van der Waals surface area contributed by atoms with Gasteiger partial charge in [0.2, 0.25) is 5.91 Å². The van der Waals surface area contributed by atoms with E-state index in [0.29, 0.717) is 12.3 Å². The number of nitrogens with one attached hydrogen (secondary N) is 2. The first-order valence-electron chi connectivity index (χ1n) is 8.62. The molecule has 3 heteroatoms. The minimum absolute atomic E-state index is 0.272. The number of hydrogen-bond acceptors (Lipinski definition) is 2. The molecule has 3 unspecified atom stereocenters. The van der Waals surface area contributed by atoms with E-state index in [1.807, 2.05) is 0 Å². The Labute approximate surface area is 124 Å². The van der Waals surface area contributed by atoms with Crippen LogP contribution in [0.4, 0.5) is 0 Å². The molecule has 1 aliphatic heterocycles. The van der Waals surface area contributed by atoms with E-state index in [2.05, 4.69) is 24.5 Å². The third-order valence-electron chi connectivity index (χ3n) is 5.33. The minimum Gasteiger partial charge on any atom is -0.356 e. The quantitative estimate of drug-likeness (QED) is 0.813. The molecule has 1 saturated carbocycles. The van der Waals surface area contributed by atoms with E-state index in [1.165, 1.54) is 38.5 Å². The van der Waals surface area contributed by atoms with Crippen molar-refractivity contribution in [2.45, 2.75) is 58.8 Å². The highest BCUT2D eigenvalue weighted by atomic mass is 16.1. The van der Waals surface area contributed by atoms with Crippen molar-refractivity contribution in [1.29, 1.82) is 0 Å². The zero-order chi connectivity index (χ0) is 14.4. The second-order valence-corrected chi connectivity index (χ2v) is 7.21. The van der Waals surface area contributed by atoms with Gasteiger partial charge in [0.05, 0.1) is 0 Å². The zero-order valence-corrected chi connectivity index (χ0v) is 13.3. The summed E-state index contributed by atoms with van der Waals surface area (Å²) in [6.07, 6.45) is 8.49. The molecule has 0 radical (unpaired) electrons. The van der Waals surface area contributed by atoms with Gasteiger partial charge < -0.3 is 10.6 Å². The number of carbonyl (C=O) groups excluding carboxylic acids is 1. The van der Waals surface area contributed by atoms with Crippen molar-refractivity contribution in [2.24, 2.45) is 23.7 Å². The molecule has 1 heterocycles. The summed E-state index contributed by atoms with van der Waals surface area (Å²) in [6, 6.07) is 0. The summed E-state index contributed by atoms with van der Waals surface area (Å²) in [6.45, 7) is 7.74. The maximum Gasteiger partial charge on any atom is 0.220 e. The Morgan fingerprint density at radius 3 is 2.70 bits per heavy atom. The van der Waals surface area contributed by atoms with E-state index in [1.54, 1.807) is 0 Å². The van der Waals surface area contributed by atoms with Gasteiger partial charge >= 0.3 is 0 Å². The fourth-order valence-electron chi connectivity index (χ4n) is 3.95. The third-order valence-corrected chi connectivity index (χ3v) is 5.33. The topological polar surface area (TPSA) is 41.1 Å². The molecular weight excluding hydrogens is 248 g/mol. The van der Waals surface area contributed by atoms with Crippen LogP contribution in [-0.4, -0.2) is 25.5 Å². The first-order chi connectivity index (χ1) is 9.65. The van der Waals surface area contributed by atoms with Crippen LogP contribution in [0.1, 0.15) is 58.8 Å². The monoisotopic (exact) mass is 280 g/mol. The van der Waals surface area contributed by atoms with Crippen LogP contribution in [0.15, 0.2) is 0 Å². The molecule has 1 aliphatic carbocycles. The van der Waals surface area contributed by atoms with Crippen molar-refractivity contribution in [3.63, 3.8) is 0 Å². The summed E-state index contributed by atoms with van der Waals surface area (Å²) in [5, 5.41) is 6.58. The Morgan fingerprint density at radius 1 is 1.25 bits per heavy atom. The van der Waals surface area contributed by atoms with E-state index in [0.717, 1.165) is 37.4 Å². The van der Waals surface area contributed by atoms with Crippen molar-refractivity contribution in [3.05, 3.63) is 0 Å². The molecule has 2 aliphatic rings. The van der Waals surface area contributed by atoms with Crippen LogP contribution < -0.4 is 10.6 Å². The molecule has 3 nitrogen and oxygen atoms in total. The molecule has 0 aromatic heterocycles. The first kappa shape index (κ1) is 15.8. The summed E-state index contributed by atoms with van der Waals surface area (Å²) in [5.74, 6) is 3.10. The van der Waals surface area contributed by atoms with Crippen LogP contribution in [-0.2, 0) is 4.79 Å². The third kappa shape index (κ3) is 5.08. The first-order valence-corrected chi connectivity index (χ1v) is 8.62. The van der Waals surface area contributed by atoms with Crippen molar-refractivity contribution in [2.75, 3.05) is 19.6 Å². The lowest BCUT2D eigenvalue weighted by Gasteiger charge is -2.29. The van der Waals surface area contributed by atoms with Gasteiger partial charge in [0.25, 0.3) is 0 Å².